The van der Waals surface area contributed by atoms with Crippen molar-refractivity contribution in [1.82, 2.24) is 14.5 Å². The summed E-state index contributed by atoms with van der Waals surface area (Å²) in [5.41, 5.74) is 1.80. The fourth-order valence-electron chi connectivity index (χ4n) is 4.82. The Morgan fingerprint density at radius 1 is 1.05 bits per heavy atom. The lowest BCUT2D eigenvalue weighted by molar-refractivity contribution is -0.116. The number of nitrogens with one attached hydrogen (secondary N) is 1. The van der Waals surface area contributed by atoms with E-state index in [4.69, 9.17) is 4.98 Å². The number of nitrogens with zero attached hydrogens (tertiary/aromatic N) is 3. The number of thiophene rings is 1. The van der Waals surface area contributed by atoms with E-state index in [0.717, 1.165) is 70.0 Å². The van der Waals surface area contributed by atoms with Gasteiger partial charge in [-0.05, 0) is 68.6 Å². The lowest BCUT2D eigenvalue weighted by Crippen LogP contribution is -2.34. The Morgan fingerprint density at radius 2 is 1.78 bits per heavy atom. The molecular formula is C29H32N4O2S2. The van der Waals surface area contributed by atoms with Crippen LogP contribution in [0, 0.1) is 0 Å². The van der Waals surface area contributed by atoms with Crippen LogP contribution in [0.3, 0.4) is 0 Å². The van der Waals surface area contributed by atoms with E-state index in [1.165, 1.54) is 4.88 Å². The van der Waals surface area contributed by atoms with Crippen molar-refractivity contribution >= 4 is 44.9 Å². The summed E-state index contributed by atoms with van der Waals surface area (Å²) in [5, 5.41) is 3.78. The minimum absolute atomic E-state index is 0.0622. The van der Waals surface area contributed by atoms with Crippen molar-refractivity contribution in [3.8, 4) is 0 Å². The Kier molecular flexibility index (Phi) is 8.08. The first-order valence-corrected chi connectivity index (χ1v) is 14.6. The van der Waals surface area contributed by atoms with Gasteiger partial charge >= 0.3 is 0 Å². The predicted molar refractivity (Wildman–Crippen MR) is 153 cm³/mol. The summed E-state index contributed by atoms with van der Waals surface area (Å²) in [7, 11) is 0. The molecule has 0 radical (unpaired) electrons. The second-order valence-corrected chi connectivity index (χ2v) is 11.4. The second kappa shape index (κ2) is 11.6. The Morgan fingerprint density at radius 3 is 2.57 bits per heavy atom. The third-order valence-corrected chi connectivity index (χ3v) is 9.12. The Balaban J connectivity index is 1.47. The first-order valence-electron chi connectivity index (χ1n) is 13.0. The van der Waals surface area contributed by atoms with E-state index in [1.54, 1.807) is 27.7 Å². The molecular weight excluding hydrogens is 500 g/mol. The average Bonchev–Trinajstić information content (AvgIpc) is 3.29. The summed E-state index contributed by atoms with van der Waals surface area (Å²) >= 11 is 3.26. The molecule has 192 valence electrons. The van der Waals surface area contributed by atoms with Crippen LogP contribution >= 0.6 is 23.1 Å². The van der Waals surface area contributed by atoms with Gasteiger partial charge in [-0.2, -0.15) is 0 Å². The van der Waals surface area contributed by atoms with E-state index < -0.39 is 0 Å². The van der Waals surface area contributed by atoms with Crippen LogP contribution in [0.1, 0.15) is 43.0 Å². The average molecular weight is 533 g/mol. The quantitative estimate of drug-likeness (QED) is 0.288. The zero-order valence-corrected chi connectivity index (χ0v) is 23.0. The molecule has 1 aliphatic carbocycles. The number of hydrogen-bond acceptors (Lipinski definition) is 6. The van der Waals surface area contributed by atoms with Crippen molar-refractivity contribution < 1.29 is 4.79 Å². The van der Waals surface area contributed by atoms with E-state index in [1.807, 2.05) is 54.6 Å². The van der Waals surface area contributed by atoms with E-state index in [0.29, 0.717) is 12.4 Å². The minimum Gasteiger partial charge on any atom is -0.323 e. The van der Waals surface area contributed by atoms with Gasteiger partial charge in [-0.3, -0.25) is 19.1 Å². The summed E-state index contributed by atoms with van der Waals surface area (Å²) in [6.07, 6.45) is 4.18. The molecule has 0 saturated carbocycles. The van der Waals surface area contributed by atoms with Gasteiger partial charge in [0.05, 0.1) is 17.6 Å². The topological polar surface area (TPSA) is 67.2 Å². The molecule has 37 heavy (non-hydrogen) atoms. The van der Waals surface area contributed by atoms with Gasteiger partial charge < -0.3 is 5.32 Å². The molecule has 6 nitrogen and oxygen atoms in total. The zero-order chi connectivity index (χ0) is 25.8. The molecule has 1 aliphatic rings. The van der Waals surface area contributed by atoms with Crippen LogP contribution in [-0.2, 0) is 30.7 Å². The fraction of sp³-hybridized carbons (Fsp3) is 0.345. The number of benzene rings is 2. The molecule has 4 aromatic rings. The molecule has 5 rings (SSSR count). The molecule has 2 aromatic carbocycles. The molecule has 0 bridgehead atoms. The number of aryl methyl sites for hydroxylation is 2. The van der Waals surface area contributed by atoms with Gasteiger partial charge in [-0.25, -0.2) is 4.98 Å². The molecule has 8 heteroatoms. The number of aromatic nitrogens is 2. The minimum atomic E-state index is -0.228. The van der Waals surface area contributed by atoms with Crippen LogP contribution in [0.2, 0.25) is 0 Å². The van der Waals surface area contributed by atoms with Crippen molar-refractivity contribution in [3.05, 3.63) is 81.2 Å². The normalized spacial score (nSPS) is 13.2. The van der Waals surface area contributed by atoms with Crippen LogP contribution < -0.4 is 10.9 Å². The van der Waals surface area contributed by atoms with Crippen LogP contribution in [0.15, 0.2) is 69.2 Å². The molecule has 0 fully saturated rings. The van der Waals surface area contributed by atoms with Gasteiger partial charge in [0.15, 0.2) is 0 Å². The maximum Gasteiger partial charge on any atom is 0.263 e. The van der Waals surface area contributed by atoms with Gasteiger partial charge in [0.2, 0.25) is 5.91 Å². The monoisotopic (exact) mass is 532 g/mol. The van der Waals surface area contributed by atoms with Crippen molar-refractivity contribution in [1.29, 1.82) is 0 Å². The molecule has 2 heterocycles. The summed E-state index contributed by atoms with van der Waals surface area (Å²) < 4.78 is 1.60. The van der Waals surface area contributed by atoms with Gasteiger partial charge in [-0.15, -0.1) is 11.3 Å². The summed E-state index contributed by atoms with van der Waals surface area (Å²) in [5.74, 6) is 0.427. The van der Waals surface area contributed by atoms with Gasteiger partial charge in [0, 0.05) is 14.7 Å². The summed E-state index contributed by atoms with van der Waals surface area (Å²) in [4.78, 5) is 38.6. The van der Waals surface area contributed by atoms with Crippen LogP contribution in [0.4, 0.5) is 5.69 Å². The SMILES string of the molecule is CCN(CC)Cc1nc2sc3c(c2c(=O)n1CC(=O)Nc1ccccc1Sc1ccccc1)CCCC3. The lowest BCUT2D eigenvalue weighted by atomic mass is 9.97. The largest absolute Gasteiger partial charge is 0.323 e. The van der Waals surface area contributed by atoms with Crippen molar-refractivity contribution in [2.75, 3.05) is 18.4 Å². The first kappa shape index (κ1) is 25.7. The maximum absolute atomic E-state index is 13.9. The predicted octanol–water partition coefficient (Wildman–Crippen LogP) is 5.97. The van der Waals surface area contributed by atoms with E-state index >= 15 is 0 Å². The number of carbonyl (C=O) groups excluding carboxylic acids is 1. The summed E-state index contributed by atoms with van der Waals surface area (Å²) in [6.45, 7) is 6.37. The summed E-state index contributed by atoms with van der Waals surface area (Å²) in [6, 6.07) is 17.9. The fourth-order valence-corrected chi connectivity index (χ4v) is 7.01. The standard InChI is InChI=1S/C29H32N4O2S2/c1-3-32(4-2)18-25-31-28-27(21-14-8-10-16-23(21)37-28)29(35)33(25)19-26(34)30-22-15-9-11-17-24(22)36-20-12-6-5-7-13-20/h5-7,9,11-13,15,17H,3-4,8,10,14,16,18-19H2,1-2H3,(H,30,34). The third kappa shape index (κ3) is 5.66. The highest BCUT2D eigenvalue weighted by Crippen LogP contribution is 2.35. The van der Waals surface area contributed by atoms with Crippen LogP contribution in [-0.4, -0.2) is 33.4 Å². The Hall–Kier alpha value is -2.94. The van der Waals surface area contributed by atoms with E-state index in [2.05, 4.69) is 24.1 Å². The molecule has 0 unspecified atom stereocenters. The number of para-hydroxylation sites is 1. The number of amides is 1. The number of rotatable bonds is 9. The van der Waals surface area contributed by atoms with Gasteiger partial charge in [0.1, 0.15) is 17.2 Å². The van der Waals surface area contributed by atoms with Crippen molar-refractivity contribution in [3.63, 3.8) is 0 Å². The highest BCUT2D eigenvalue weighted by molar-refractivity contribution is 7.99. The zero-order valence-electron chi connectivity index (χ0n) is 21.3. The van der Waals surface area contributed by atoms with E-state index in [-0.39, 0.29) is 18.0 Å². The first-order chi connectivity index (χ1) is 18.1. The van der Waals surface area contributed by atoms with Gasteiger partial charge in [0.25, 0.3) is 5.56 Å². The number of anilines is 1. The van der Waals surface area contributed by atoms with Crippen LogP contribution in [0.25, 0.3) is 10.2 Å². The molecule has 0 spiro atoms. The molecule has 1 amide bonds. The molecule has 1 N–H and O–H groups in total. The maximum atomic E-state index is 13.9. The Labute approximate surface area is 225 Å². The molecule has 0 aliphatic heterocycles. The highest BCUT2D eigenvalue weighted by Gasteiger charge is 2.23. The second-order valence-electron chi connectivity index (χ2n) is 9.23. The number of carbonyl (C=O) groups is 1. The smallest absolute Gasteiger partial charge is 0.263 e. The third-order valence-electron chi connectivity index (χ3n) is 6.85. The highest BCUT2D eigenvalue weighted by atomic mass is 32.2. The van der Waals surface area contributed by atoms with E-state index in [9.17, 15) is 9.59 Å². The van der Waals surface area contributed by atoms with Crippen molar-refractivity contribution in [2.24, 2.45) is 0 Å². The molecule has 0 atom stereocenters. The van der Waals surface area contributed by atoms with Gasteiger partial charge in [-0.1, -0.05) is 55.9 Å². The Bertz CT molecular complexity index is 1460. The lowest BCUT2D eigenvalue weighted by Gasteiger charge is -2.20. The molecule has 0 saturated heterocycles. The number of fused-ring (bicyclic) bond motifs is 3. The van der Waals surface area contributed by atoms with Crippen LogP contribution in [0.5, 0.6) is 0 Å². The molecule has 2 aromatic heterocycles. The number of hydrogen-bond donors (Lipinski definition) is 1. The van der Waals surface area contributed by atoms with Crippen molar-refractivity contribution in [2.45, 2.75) is 62.4 Å².